The molecule has 0 spiro atoms. The number of pyridine rings is 2. The predicted octanol–water partition coefficient (Wildman–Crippen LogP) is 2.48. The number of hydrogen-bond acceptors (Lipinski definition) is 5. The summed E-state index contributed by atoms with van der Waals surface area (Å²) in [6, 6.07) is 1.23. The molecule has 0 aliphatic heterocycles. The third-order valence-electron chi connectivity index (χ3n) is 5.56. The minimum Gasteiger partial charge on any atom is -0.360 e. The van der Waals surface area contributed by atoms with Gasteiger partial charge in [-0.25, -0.2) is 9.37 Å². The van der Waals surface area contributed by atoms with Gasteiger partial charge in [0.25, 0.3) is 5.56 Å². The SMILES string of the molecule is CCNCC1CCC(c2nc3c(cc2F)c(=O)c2c(=O)[nH]oc2n3CC)C1. The van der Waals surface area contributed by atoms with Crippen LogP contribution < -0.4 is 16.3 Å². The van der Waals surface area contributed by atoms with Crippen molar-refractivity contribution in [2.75, 3.05) is 13.1 Å². The van der Waals surface area contributed by atoms with E-state index < -0.39 is 16.8 Å². The Labute approximate surface area is 154 Å². The van der Waals surface area contributed by atoms with Crippen LogP contribution in [0.3, 0.4) is 0 Å². The van der Waals surface area contributed by atoms with E-state index in [9.17, 15) is 14.0 Å². The quantitative estimate of drug-likeness (QED) is 0.716. The summed E-state index contributed by atoms with van der Waals surface area (Å²) in [4.78, 5) is 29.2. The molecule has 2 N–H and O–H groups in total. The van der Waals surface area contributed by atoms with Gasteiger partial charge in [0, 0.05) is 12.5 Å². The van der Waals surface area contributed by atoms with E-state index in [4.69, 9.17) is 4.52 Å². The maximum absolute atomic E-state index is 14.9. The Balaban J connectivity index is 1.85. The predicted molar refractivity (Wildman–Crippen MR) is 101 cm³/mol. The van der Waals surface area contributed by atoms with Gasteiger partial charge in [-0.2, -0.15) is 5.16 Å². The molecule has 0 radical (unpaired) electrons. The molecule has 1 aliphatic carbocycles. The second-order valence-corrected chi connectivity index (χ2v) is 7.20. The van der Waals surface area contributed by atoms with Gasteiger partial charge in [-0.05, 0) is 51.3 Å². The summed E-state index contributed by atoms with van der Waals surface area (Å²) in [6.07, 6.45) is 2.78. The number of H-pyrrole nitrogens is 1. The van der Waals surface area contributed by atoms with Crippen LogP contribution in [0.4, 0.5) is 4.39 Å². The highest BCUT2D eigenvalue weighted by molar-refractivity contribution is 5.88. The molecule has 27 heavy (non-hydrogen) atoms. The van der Waals surface area contributed by atoms with Gasteiger partial charge in [-0.15, -0.1) is 0 Å². The Bertz CT molecular complexity index is 1110. The molecule has 0 saturated heterocycles. The first kappa shape index (κ1) is 17.9. The first-order valence-corrected chi connectivity index (χ1v) is 9.49. The summed E-state index contributed by atoms with van der Waals surface area (Å²) in [7, 11) is 0. The van der Waals surface area contributed by atoms with Crippen molar-refractivity contribution in [2.24, 2.45) is 5.92 Å². The van der Waals surface area contributed by atoms with Crippen LogP contribution in [0.1, 0.15) is 44.7 Å². The van der Waals surface area contributed by atoms with Crippen molar-refractivity contribution in [3.8, 4) is 0 Å². The Morgan fingerprint density at radius 1 is 1.37 bits per heavy atom. The standard InChI is InChI=1S/C19H23FN4O3/c1-3-21-9-10-5-6-11(7-10)15-13(20)8-12-16(25)14-18(26)23-27-19(14)24(4-2)17(12)22-15/h8,10-11,21H,3-7,9H2,1-2H3,(H,23,26). The molecule has 3 aromatic heterocycles. The van der Waals surface area contributed by atoms with Crippen molar-refractivity contribution < 1.29 is 8.91 Å². The van der Waals surface area contributed by atoms with Crippen molar-refractivity contribution in [2.45, 2.75) is 45.6 Å². The summed E-state index contributed by atoms with van der Waals surface area (Å²) in [6.45, 7) is 6.23. The third kappa shape index (κ3) is 2.88. The van der Waals surface area contributed by atoms with Crippen molar-refractivity contribution in [3.05, 3.63) is 38.2 Å². The van der Waals surface area contributed by atoms with E-state index >= 15 is 0 Å². The monoisotopic (exact) mass is 374 g/mol. The summed E-state index contributed by atoms with van der Waals surface area (Å²) < 4.78 is 21.7. The van der Waals surface area contributed by atoms with Crippen LogP contribution in [0, 0.1) is 11.7 Å². The number of halogens is 1. The van der Waals surface area contributed by atoms with Gasteiger partial charge in [0.05, 0.1) is 11.1 Å². The second kappa shape index (κ2) is 6.92. The Morgan fingerprint density at radius 2 is 2.19 bits per heavy atom. The molecule has 3 heterocycles. The maximum Gasteiger partial charge on any atom is 0.293 e. The lowest BCUT2D eigenvalue weighted by molar-refractivity contribution is 0.429. The molecule has 0 amide bonds. The minimum atomic E-state index is -0.606. The molecular formula is C19H23FN4O3. The van der Waals surface area contributed by atoms with Crippen LogP contribution in [-0.4, -0.2) is 27.8 Å². The van der Waals surface area contributed by atoms with E-state index in [-0.39, 0.29) is 22.4 Å². The van der Waals surface area contributed by atoms with Crippen LogP contribution in [0.25, 0.3) is 22.1 Å². The van der Waals surface area contributed by atoms with Crippen molar-refractivity contribution in [1.29, 1.82) is 0 Å². The Hall–Kier alpha value is -2.48. The highest BCUT2D eigenvalue weighted by atomic mass is 19.1. The third-order valence-corrected chi connectivity index (χ3v) is 5.56. The molecule has 1 saturated carbocycles. The Morgan fingerprint density at radius 3 is 2.93 bits per heavy atom. The lowest BCUT2D eigenvalue weighted by Gasteiger charge is -2.15. The van der Waals surface area contributed by atoms with Crippen molar-refractivity contribution in [1.82, 2.24) is 20.0 Å². The fourth-order valence-corrected chi connectivity index (χ4v) is 4.22. The van der Waals surface area contributed by atoms with Gasteiger partial charge in [0.2, 0.25) is 11.1 Å². The molecule has 144 valence electrons. The number of nitrogens with zero attached hydrogens (tertiary/aromatic N) is 2. The van der Waals surface area contributed by atoms with Crippen molar-refractivity contribution in [3.63, 3.8) is 0 Å². The molecule has 4 rings (SSSR count). The van der Waals surface area contributed by atoms with Gasteiger partial charge in [0.15, 0.2) is 5.39 Å². The smallest absolute Gasteiger partial charge is 0.293 e. The van der Waals surface area contributed by atoms with Crippen LogP contribution in [0.15, 0.2) is 20.2 Å². The van der Waals surface area contributed by atoms with E-state index in [1.165, 1.54) is 6.07 Å². The second-order valence-electron chi connectivity index (χ2n) is 7.20. The van der Waals surface area contributed by atoms with Gasteiger partial charge in [-0.3, -0.25) is 14.2 Å². The van der Waals surface area contributed by atoms with Crippen LogP contribution >= 0.6 is 0 Å². The number of nitrogens with one attached hydrogen (secondary N) is 2. The van der Waals surface area contributed by atoms with Gasteiger partial charge in [0.1, 0.15) is 11.5 Å². The molecule has 1 fully saturated rings. The zero-order valence-electron chi connectivity index (χ0n) is 15.5. The van der Waals surface area contributed by atoms with E-state index in [1.807, 2.05) is 6.92 Å². The molecule has 0 bridgehead atoms. The molecule has 8 heteroatoms. The fourth-order valence-electron chi connectivity index (χ4n) is 4.22. The molecule has 2 unspecified atom stereocenters. The lowest BCUT2D eigenvalue weighted by atomic mass is 10.00. The van der Waals surface area contributed by atoms with E-state index in [2.05, 4.69) is 22.4 Å². The normalized spacial score (nSPS) is 20.1. The van der Waals surface area contributed by atoms with Crippen LogP contribution in [0.5, 0.6) is 0 Å². The number of hydrogen-bond donors (Lipinski definition) is 2. The van der Waals surface area contributed by atoms with Crippen LogP contribution in [0.2, 0.25) is 0 Å². The van der Waals surface area contributed by atoms with Gasteiger partial charge >= 0.3 is 0 Å². The summed E-state index contributed by atoms with van der Waals surface area (Å²) >= 11 is 0. The van der Waals surface area contributed by atoms with Gasteiger partial charge < -0.3 is 9.84 Å². The Kier molecular flexibility index (Phi) is 4.59. The number of aromatic nitrogens is 3. The van der Waals surface area contributed by atoms with Gasteiger partial charge in [-0.1, -0.05) is 6.92 Å². The topological polar surface area (TPSA) is 92.9 Å². The number of fused-ring (bicyclic) bond motifs is 2. The maximum atomic E-state index is 14.9. The molecular weight excluding hydrogens is 351 g/mol. The highest BCUT2D eigenvalue weighted by Gasteiger charge is 2.30. The molecule has 7 nitrogen and oxygen atoms in total. The van der Waals surface area contributed by atoms with Crippen LogP contribution in [-0.2, 0) is 6.54 Å². The summed E-state index contributed by atoms with van der Waals surface area (Å²) in [5, 5.41) is 5.56. The first-order chi connectivity index (χ1) is 13.0. The number of aryl methyl sites for hydroxylation is 1. The number of rotatable bonds is 5. The fraction of sp³-hybridized carbons (Fsp3) is 0.526. The van der Waals surface area contributed by atoms with Crippen molar-refractivity contribution >= 4 is 22.1 Å². The summed E-state index contributed by atoms with van der Waals surface area (Å²) in [5.74, 6) is 0.0633. The summed E-state index contributed by atoms with van der Waals surface area (Å²) in [5.41, 5.74) is -0.231. The number of aromatic amines is 1. The lowest BCUT2D eigenvalue weighted by Crippen LogP contribution is -2.21. The average molecular weight is 374 g/mol. The minimum absolute atomic E-state index is 0.0346. The molecule has 0 aromatic carbocycles. The zero-order chi connectivity index (χ0) is 19.1. The van der Waals surface area contributed by atoms with E-state index in [0.29, 0.717) is 23.8 Å². The molecule has 2 atom stereocenters. The first-order valence-electron chi connectivity index (χ1n) is 9.49. The molecule has 1 aliphatic rings. The highest BCUT2D eigenvalue weighted by Crippen LogP contribution is 2.38. The van der Waals surface area contributed by atoms with E-state index in [1.54, 1.807) is 4.57 Å². The van der Waals surface area contributed by atoms with E-state index in [0.717, 1.165) is 32.4 Å². The largest absolute Gasteiger partial charge is 0.360 e. The average Bonchev–Trinajstić information content (AvgIpc) is 3.28. The molecule has 3 aromatic rings. The zero-order valence-corrected chi connectivity index (χ0v) is 15.5.